The SMILES string of the molecule is Cc1nn(-c2ccc(Cl)cc2)cc1C(=O)NCC1CNCC1O.Cl. The number of benzene rings is 1. The van der Waals surface area contributed by atoms with E-state index in [-0.39, 0.29) is 24.2 Å². The number of aliphatic hydroxyl groups excluding tert-OH is 1. The first-order valence-electron chi connectivity index (χ1n) is 7.54. The molecule has 0 radical (unpaired) electrons. The number of hydrogen-bond donors (Lipinski definition) is 3. The number of aliphatic hydroxyl groups is 1. The van der Waals surface area contributed by atoms with Crippen molar-refractivity contribution in [3.63, 3.8) is 0 Å². The van der Waals surface area contributed by atoms with Crippen LogP contribution >= 0.6 is 24.0 Å². The molecule has 0 aliphatic carbocycles. The van der Waals surface area contributed by atoms with Crippen molar-refractivity contribution in [1.82, 2.24) is 20.4 Å². The summed E-state index contributed by atoms with van der Waals surface area (Å²) >= 11 is 5.88. The van der Waals surface area contributed by atoms with Crippen molar-refractivity contribution in [3.8, 4) is 5.69 Å². The largest absolute Gasteiger partial charge is 0.391 e. The van der Waals surface area contributed by atoms with Crippen LogP contribution in [0.1, 0.15) is 16.1 Å². The second kappa shape index (κ2) is 7.98. The van der Waals surface area contributed by atoms with Gasteiger partial charge in [0.15, 0.2) is 0 Å². The Morgan fingerprint density at radius 1 is 1.42 bits per heavy atom. The molecule has 2 atom stereocenters. The van der Waals surface area contributed by atoms with Gasteiger partial charge in [0.25, 0.3) is 5.91 Å². The van der Waals surface area contributed by atoms with E-state index in [0.29, 0.717) is 35.9 Å². The number of aromatic nitrogens is 2. The monoisotopic (exact) mass is 370 g/mol. The maximum atomic E-state index is 12.3. The lowest BCUT2D eigenvalue weighted by molar-refractivity contribution is 0.0926. The maximum Gasteiger partial charge on any atom is 0.254 e. The fraction of sp³-hybridized carbons (Fsp3) is 0.375. The van der Waals surface area contributed by atoms with Crippen molar-refractivity contribution in [1.29, 1.82) is 0 Å². The number of halogens is 2. The lowest BCUT2D eigenvalue weighted by atomic mass is 10.1. The molecular formula is C16H20Cl2N4O2. The number of β-amino-alcohol motifs (C(OH)–C–C–N with tert-alkyl or cyclic N) is 1. The van der Waals surface area contributed by atoms with E-state index in [4.69, 9.17) is 11.6 Å². The molecule has 0 saturated carbocycles. The Morgan fingerprint density at radius 3 is 2.75 bits per heavy atom. The summed E-state index contributed by atoms with van der Waals surface area (Å²) in [5, 5.41) is 20.8. The first-order chi connectivity index (χ1) is 11.0. The van der Waals surface area contributed by atoms with E-state index in [9.17, 15) is 9.90 Å². The summed E-state index contributed by atoms with van der Waals surface area (Å²) in [6.07, 6.45) is 1.30. The van der Waals surface area contributed by atoms with E-state index in [1.165, 1.54) is 0 Å². The number of hydrogen-bond acceptors (Lipinski definition) is 4. The van der Waals surface area contributed by atoms with Crippen LogP contribution < -0.4 is 10.6 Å². The number of carbonyl (C=O) groups is 1. The maximum absolute atomic E-state index is 12.3. The number of amides is 1. The molecule has 1 saturated heterocycles. The zero-order valence-corrected chi connectivity index (χ0v) is 14.8. The fourth-order valence-electron chi connectivity index (χ4n) is 2.66. The summed E-state index contributed by atoms with van der Waals surface area (Å²) in [5.41, 5.74) is 2.02. The Labute approximate surface area is 151 Å². The Bertz CT molecular complexity index is 703. The molecule has 130 valence electrons. The normalized spacial score (nSPS) is 19.8. The van der Waals surface area contributed by atoms with Crippen LogP contribution in [0.4, 0.5) is 0 Å². The Balaban J connectivity index is 0.00000208. The summed E-state index contributed by atoms with van der Waals surface area (Å²) in [7, 11) is 0. The van der Waals surface area contributed by atoms with Gasteiger partial charge < -0.3 is 15.7 Å². The van der Waals surface area contributed by atoms with E-state index in [0.717, 1.165) is 5.69 Å². The van der Waals surface area contributed by atoms with Gasteiger partial charge in [-0.2, -0.15) is 5.10 Å². The summed E-state index contributed by atoms with van der Waals surface area (Å²) in [6, 6.07) is 7.25. The number of carbonyl (C=O) groups excluding carboxylic acids is 1. The molecule has 1 aromatic heterocycles. The van der Waals surface area contributed by atoms with Gasteiger partial charge in [0.2, 0.25) is 0 Å². The lowest BCUT2D eigenvalue weighted by Gasteiger charge is -2.13. The van der Waals surface area contributed by atoms with Crippen LogP contribution in [0, 0.1) is 12.8 Å². The average molecular weight is 371 g/mol. The summed E-state index contributed by atoms with van der Waals surface area (Å²) < 4.78 is 1.66. The number of rotatable bonds is 4. The molecule has 8 heteroatoms. The second-order valence-corrected chi connectivity index (χ2v) is 6.18. The zero-order valence-electron chi connectivity index (χ0n) is 13.2. The van der Waals surface area contributed by atoms with Crippen molar-refractivity contribution < 1.29 is 9.90 Å². The van der Waals surface area contributed by atoms with Gasteiger partial charge in [0, 0.05) is 36.8 Å². The average Bonchev–Trinajstić information content (AvgIpc) is 3.11. The molecule has 3 N–H and O–H groups in total. The molecular weight excluding hydrogens is 351 g/mol. The van der Waals surface area contributed by atoms with Crippen LogP contribution in [0.2, 0.25) is 5.02 Å². The van der Waals surface area contributed by atoms with Gasteiger partial charge >= 0.3 is 0 Å². The van der Waals surface area contributed by atoms with Crippen LogP contribution in [-0.2, 0) is 0 Å². The molecule has 0 bridgehead atoms. The van der Waals surface area contributed by atoms with Crippen molar-refractivity contribution in [2.75, 3.05) is 19.6 Å². The Hall–Kier alpha value is -1.60. The highest BCUT2D eigenvalue weighted by molar-refractivity contribution is 6.30. The highest BCUT2D eigenvalue weighted by Gasteiger charge is 2.25. The van der Waals surface area contributed by atoms with Crippen LogP contribution in [0.15, 0.2) is 30.5 Å². The predicted octanol–water partition coefficient (Wildman–Crippen LogP) is 1.57. The highest BCUT2D eigenvalue weighted by Crippen LogP contribution is 2.15. The van der Waals surface area contributed by atoms with Crippen molar-refractivity contribution in [2.24, 2.45) is 5.92 Å². The third-order valence-electron chi connectivity index (χ3n) is 4.06. The molecule has 2 aromatic rings. The molecule has 1 aliphatic heterocycles. The van der Waals surface area contributed by atoms with Crippen LogP contribution in [0.5, 0.6) is 0 Å². The van der Waals surface area contributed by atoms with Gasteiger partial charge in [-0.1, -0.05) is 11.6 Å². The minimum atomic E-state index is -0.409. The molecule has 2 unspecified atom stereocenters. The molecule has 1 fully saturated rings. The molecule has 1 aromatic carbocycles. The Kier molecular flexibility index (Phi) is 6.23. The quantitative estimate of drug-likeness (QED) is 0.762. The number of nitrogens with one attached hydrogen (secondary N) is 2. The summed E-state index contributed by atoms with van der Waals surface area (Å²) in [4.78, 5) is 12.3. The number of nitrogens with zero attached hydrogens (tertiary/aromatic N) is 2. The molecule has 1 aliphatic rings. The van der Waals surface area contributed by atoms with Crippen LogP contribution in [0.3, 0.4) is 0 Å². The van der Waals surface area contributed by atoms with Crippen LogP contribution in [-0.4, -0.2) is 46.5 Å². The van der Waals surface area contributed by atoms with Crippen LogP contribution in [0.25, 0.3) is 5.69 Å². The molecule has 0 spiro atoms. The summed E-state index contributed by atoms with van der Waals surface area (Å²) in [6.45, 7) is 3.53. The van der Waals surface area contributed by atoms with Gasteiger partial charge in [-0.15, -0.1) is 12.4 Å². The van der Waals surface area contributed by atoms with E-state index < -0.39 is 6.10 Å². The second-order valence-electron chi connectivity index (χ2n) is 5.74. The van der Waals surface area contributed by atoms with E-state index in [1.807, 2.05) is 12.1 Å². The predicted molar refractivity (Wildman–Crippen MR) is 95.3 cm³/mol. The van der Waals surface area contributed by atoms with Gasteiger partial charge in [0.1, 0.15) is 0 Å². The van der Waals surface area contributed by atoms with Gasteiger partial charge in [-0.05, 0) is 31.2 Å². The summed E-state index contributed by atoms with van der Waals surface area (Å²) in [5.74, 6) is -0.132. The van der Waals surface area contributed by atoms with Crippen molar-refractivity contribution in [2.45, 2.75) is 13.0 Å². The third kappa shape index (κ3) is 4.08. The molecule has 3 rings (SSSR count). The number of aryl methyl sites for hydroxylation is 1. The van der Waals surface area contributed by atoms with E-state index in [2.05, 4.69) is 15.7 Å². The smallest absolute Gasteiger partial charge is 0.254 e. The van der Waals surface area contributed by atoms with Gasteiger partial charge in [-0.25, -0.2) is 4.68 Å². The van der Waals surface area contributed by atoms with Gasteiger partial charge in [-0.3, -0.25) is 4.79 Å². The standard InChI is InChI=1S/C16H19ClN4O2.ClH/c1-10-14(16(23)19-7-11-6-18-8-15(11)22)9-21(20-10)13-4-2-12(17)3-5-13;/h2-5,9,11,15,18,22H,6-8H2,1H3,(H,19,23);1H. The minimum Gasteiger partial charge on any atom is -0.391 e. The lowest BCUT2D eigenvalue weighted by Crippen LogP contribution is -2.34. The van der Waals surface area contributed by atoms with Crippen molar-refractivity contribution in [3.05, 3.63) is 46.7 Å². The fourth-order valence-corrected chi connectivity index (χ4v) is 2.78. The van der Waals surface area contributed by atoms with E-state index in [1.54, 1.807) is 29.9 Å². The third-order valence-corrected chi connectivity index (χ3v) is 4.32. The first kappa shape index (κ1) is 18.7. The van der Waals surface area contributed by atoms with Gasteiger partial charge in [0.05, 0.1) is 23.0 Å². The first-order valence-corrected chi connectivity index (χ1v) is 7.91. The topological polar surface area (TPSA) is 79.2 Å². The zero-order chi connectivity index (χ0) is 16.4. The molecule has 2 heterocycles. The van der Waals surface area contributed by atoms with Crippen molar-refractivity contribution >= 4 is 29.9 Å². The Morgan fingerprint density at radius 2 is 2.12 bits per heavy atom. The highest BCUT2D eigenvalue weighted by atomic mass is 35.5. The molecule has 24 heavy (non-hydrogen) atoms. The molecule has 1 amide bonds. The van der Waals surface area contributed by atoms with E-state index >= 15 is 0 Å². The molecule has 6 nitrogen and oxygen atoms in total. The minimum absolute atomic E-state index is 0.